The number of hydrogen-bond donors (Lipinski definition) is 2. The van der Waals surface area contributed by atoms with Crippen molar-refractivity contribution in [3.8, 4) is 11.5 Å². The van der Waals surface area contributed by atoms with Crippen molar-refractivity contribution < 1.29 is 27.4 Å². The Labute approximate surface area is 137 Å². The number of hydrogen-bond acceptors (Lipinski definition) is 5. The average molecular weight is 361 g/mol. The molecule has 0 radical (unpaired) electrons. The highest BCUT2D eigenvalue weighted by Gasteiger charge is 2.65. The first kappa shape index (κ1) is 16.1. The van der Waals surface area contributed by atoms with Crippen molar-refractivity contribution in [1.82, 2.24) is 15.3 Å². The molecule has 0 spiro atoms. The number of benzene rings is 1. The number of halogens is 4. The van der Waals surface area contributed by atoms with Crippen LogP contribution in [0.5, 0.6) is 11.5 Å². The van der Waals surface area contributed by atoms with Gasteiger partial charge in [-0.05, 0) is 12.1 Å². The molecule has 2 amide bonds. The number of carbonyl (C=O) groups excluding carboxylic acids is 1. The van der Waals surface area contributed by atoms with Gasteiger partial charge in [0.25, 0.3) is 0 Å². The minimum Gasteiger partial charge on any atom is -0.424 e. The zero-order chi connectivity index (χ0) is 17.4. The molecule has 0 atom stereocenters. The first-order valence-electron chi connectivity index (χ1n) is 6.39. The van der Waals surface area contributed by atoms with Gasteiger partial charge in [-0.2, -0.15) is 13.2 Å². The van der Waals surface area contributed by atoms with E-state index in [-0.39, 0.29) is 22.5 Å². The molecule has 11 heteroatoms. The Morgan fingerprint density at radius 2 is 1.79 bits per heavy atom. The molecule has 0 aliphatic carbocycles. The fourth-order valence-corrected chi connectivity index (χ4v) is 2.03. The standard InChI is InChI=1S/C13H8ClF3N4O3/c14-9-5-10(19-6-18-9)20-11(22)21-13(12(15,16)17)23-7-3-1-2-4-8(7)24-13/h1-6H,(H2,18,19,20,21,22). The lowest BCUT2D eigenvalue weighted by molar-refractivity contribution is -0.317. The average Bonchev–Trinajstić information content (AvgIpc) is 2.85. The molecule has 1 aromatic carbocycles. The zero-order valence-corrected chi connectivity index (χ0v) is 12.4. The molecular formula is C13H8ClF3N4O3. The van der Waals surface area contributed by atoms with Crippen LogP contribution >= 0.6 is 11.6 Å². The molecule has 0 fully saturated rings. The van der Waals surface area contributed by atoms with Crippen LogP contribution in [0.25, 0.3) is 0 Å². The number of nitrogens with zero attached hydrogens (tertiary/aromatic N) is 2. The number of aromatic nitrogens is 2. The molecule has 1 aliphatic heterocycles. The highest BCUT2D eigenvalue weighted by Crippen LogP contribution is 2.44. The van der Waals surface area contributed by atoms with Gasteiger partial charge >= 0.3 is 18.1 Å². The Bertz CT molecular complexity index is 762. The van der Waals surface area contributed by atoms with Crippen molar-refractivity contribution >= 4 is 23.4 Å². The van der Waals surface area contributed by atoms with E-state index in [9.17, 15) is 18.0 Å². The molecule has 126 valence electrons. The zero-order valence-electron chi connectivity index (χ0n) is 11.6. The lowest BCUT2D eigenvalue weighted by Gasteiger charge is -2.29. The summed E-state index contributed by atoms with van der Waals surface area (Å²) in [6.45, 7) is 0. The molecule has 2 heterocycles. The second-order valence-electron chi connectivity index (χ2n) is 4.57. The fourth-order valence-electron chi connectivity index (χ4n) is 1.89. The van der Waals surface area contributed by atoms with Crippen LogP contribution in [-0.4, -0.2) is 28.1 Å². The molecule has 7 nitrogen and oxygen atoms in total. The van der Waals surface area contributed by atoms with Crippen LogP contribution in [0, 0.1) is 0 Å². The Morgan fingerprint density at radius 3 is 2.33 bits per heavy atom. The Hall–Kier alpha value is -2.75. The van der Waals surface area contributed by atoms with Crippen LogP contribution in [0.3, 0.4) is 0 Å². The van der Waals surface area contributed by atoms with E-state index in [4.69, 9.17) is 21.1 Å². The predicted octanol–water partition coefficient (Wildman–Crippen LogP) is 2.94. The van der Waals surface area contributed by atoms with E-state index in [1.165, 1.54) is 24.3 Å². The molecule has 0 saturated carbocycles. The lowest BCUT2D eigenvalue weighted by atomic mass is 10.3. The molecule has 24 heavy (non-hydrogen) atoms. The third-order valence-corrected chi connectivity index (χ3v) is 3.09. The lowest BCUT2D eigenvalue weighted by Crippen LogP contribution is -2.65. The molecule has 1 aliphatic rings. The van der Waals surface area contributed by atoms with Crippen molar-refractivity contribution in [3.63, 3.8) is 0 Å². The van der Waals surface area contributed by atoms with Crippen molar-refractivity contribution in [1.29, 1.82) is 0 Å². The van der Waals surface area contributed by atoms with Gasteiger partial charge in [-0.25, -0.2) is 14.8 Å². The van der Waals surface area contributed by atoms with Gasteiger partial charge in [0.2, 0.25) is 0 Å². The van der Waals surface area contributed by atoms with Crippen molar-refractivity contribution in [2.75, 3.05) is 5.32 Å². The number of nitrogens with one attached hydrogen (secondary N) is 2. The largest absolute Gasteiger partial charge is 0.492 e. The van der Waals surface area contributed by atoms with E-state index >= 15 is 0 Å². The molecule has 1 aromatic heterocycles. The predicted molar refractivity (Wildman–Crippen MR) is 75.7 cm³/mol. The third-order valence-electron chi connectivity index (χ3n) is 2.88. The van der Waals surface area contributed by atoms with Crippen LogP contribution in [-0.2, 0) is 0 Å². The quantitative estimate of drug-likeness (QED) is 0.804. The fraction of sp³-hybridized carbons (Fsp3) is 0.154. The van der Waals surface area contributed by atoms with E-state index in [2.05, 4.69) is 15.3 Å². The van der Waals surface area contributed by atoms with E-state index < -0.39 is 18.1 Å². The topological polar surface area (TPSA) is 85.4 Å². The van der Waals surface area contributed by atoms with Gasteiger partial charge in [0, 0.05) is 6.07 Å². The molecule has 2 aromatic rings. The van der Waals surface area contributed by atoms with Crippen LogP contribution in [0.4, 0.5) is 23.8 Å². The molecule has 3 rings (SSSR count). The number of alkyl halides is 3. The normalized spacial score (nSPS) is 15.0. The van der Waals surface area contributed by atoms with E-state index in [0.717, 1.165) is 12.4 Å². The second kappa shape index (κ2) is 5.71. The summed E-state index contributed by atoms with van der Waals surface area (Å²) in [5.41, 5.74) is 0. The van der Waals surface area contributed by atoms with Gasteiger partial charge in [0.1, 0.15) is 17.3 Å². The molecule has 2 N–H and O–H groups in total. The molecule has 0 unspecified atom stereocenters. The summed E-state index contributed by atoms with van der Waals surface area (Å²) in [5.74, 6) is -3.75. The maximum Gasteiger partial charge on any atom is 0.492 e. The Morgan fingerprint density at radius 1 is 1.17 bits per heavy atom. The summed E-state index contributed by atoms with van der Waals surface area (Å²) < 4.78 is 49.8. The Balaban J connectivity index is 1.81. The van der Waals surface area contributed by atoms with Crippen molar-refractivity contribution in [3.05, 3.63) is 41.8 Å². The monoisotopic (exact) mass is 360 g/mol. The Kier molecular flexibility index (Phi) is 3.84. The highest BCUT2D eigenvalue weighted by atomic mass is 35.5. The molecule has 0 saturated heterocycles. The summed E-state index contributed by atoms with van der Waals surface area (Å²) >= 11 is 5.61. The van der Waals surface area contributed by atoms with Crippen LogP contribution in [0.2, 0.25) is 5.15 Å². The van der Waals surface area contributed by atoms with Gasteiger partial charge in [0.15, 0.2) is 11.5 Å². The first-order valence-corrected chi connectivity index (χ1v) is 6.77. The van der Waals surface area contributed by atoms with Crippen LogP contribution in [0.1, 0.15) is 0 Å². The summed E-state index contributed by atoms with van der Waals surface area (Å²) in [5, 5.41) is 3.72. The SMILES string of the molecule is O=C(Nc1cc(Cl)ncn1)NC1(C(F)(F)F)Oc2ccccc2O1. The van der Waals surface area contributed by atoms with Gasteiger partial charge in [0.05, 0.1) is 0 Å². The summed E-state index contributed by atoms with van der Waals surface area (Å²) in [6, 6.07) is 5.41. The molecule has 0 bridgehead atoms. The van der Waals surface area contributed by atoms with E-state index in [0.29, 0.717) is 0 Å². The van der Waals surface area contributed by atoms with Crippen LogP contribution in [0.15, 0.2) is 36.7 Å². The van der Waals surface area contributed by atoms with E-state index in [1.54, 1.807) is 5.32 Å². The number of rotatable bonds is 2. The third kappa shape index (κ3) is 3.00. The summed E-state index contributed by atoms with van der Waals surface area (Å²) in [4.78, 5) is 19.1. The summed E-state index contributed by atoms with van der Waals surface area (Å²) in [6.07, 6.45) is -4.01. The van der Waals surface area contributed by atoms with Gasteiger partial charge in [-0.3, -0.25) is 10.6 Å². The van der Waals surface area contributed by atoms with E-state index in [1.807, 2.05) is 0 Å². The number of ether oxygens (including phenoxy) is 2. The van der Waals surface area contributed by atoms with Crippen LogP contribution < -0.4 is 20.1 Å². The van der Waals surface area contributed by atoms with Crippen molar-refractivity contribution in [2.24, 2.45) is 0 Å². The maximum atomic E-state index is 13.4. The second-order valence-corrected chi connectivity index (χ2v) is 4.96. The minimum atomic E-state index is -5.05. The van der Waals surface area contributed by atoms with Gasteiger partial charge in [-0.1, -0.05) is 23.7 Å². The van der Waals surface area contributed by atoms with Gasteiger partial charge < -0.3 is 9.47 Å². The number of carbonyl (C=O) groups is 1. The number of para-hydroxylation sites is 2. The summed E-state index contributed by atoms with van der Waals surface area (Å²) in [7, 11) is 0. The number of amides is 2. The number of anilines is 1. The minimum absolute atomic E-state index is 0.00612. The first-order chi connectivity index (χ1) is 11.3. The number of fused-ring (bicyclic) bond motifs is 1. The maximum absolute atomic E-state index is 13.4. The van der Waals surface area contributed by atoms with Crippen molar-refractivity contribution in [2.45, 2.75) is 12.1 Å². The highest BCUT2D eigenvalue weighted by molar-refractivity contribution is 6.29. The number of urea groups is 1. The van der Waals surface area contributed by atoms with Gasteiger partial charge in [-0.15, -0.1) is 0 Å². The smallest absolute Gasteiger partial charge is 0.424 e. The molecular weight excluding hydrogens is 353 g/mol.